The van der Waals surface area contributed by atoms with E-state index in [9.17, 15) is 0 Å². The molecule has 0 spiro atoms. The summed E-state index contributed by atoms with van der Waals surface area (Å²) < 4.78 is 5.97. The predicted molar refractivity (Wildman–Crippen MR) is 60.1 cm³/mol. The molecule has 2 nitrogen and oxygen atoms in total. The van der Waals surface area contributed by atoms with E-state index in [1.807, 2.05) is 0 Å². The van der Waals surface area contributed by atoms with E-state index in [2.05, 4.69) is 31.3 Å². The summed E-state index contributed by atoms with van der Waals surface area (Å²) in [6.45, 7) is 5.62. The van der Waals surface area contributed by atoms with Crippen molar-refractivity contribution in [1.29, 1.82) is 0 Å². The van der Waals surface area contributed by atoms with E-state index in [-0.39, 0.29) is 0 Å². The molecule has 0 aromatic carbocycles. The molecular formula is C13H19NO. The van der Waals surface area contributed by atoms with E-state index in [0.717, 1.165) is 12.5 Å². The minimum absolute atomic E-state index is 0.600. The molecule has 2 heteroatoms. The van der Waals surface area contributed by atoms with Gasteiger partial charge in [0.2, 0.25) is 0 Å². The summed E-state index contributed by atoms with van der Waals surface area (Å²) in [6.07, 6.45) is 2.53. The second-order valence-corrected chi connectivity index (χ2v) is 5.30. The third-order valence-corrected chi connectivity index (χ3v) is 3.88. The zero-order valence-electron chi connectivity index (χ0n) is 9.49. The quantitative estimate of drug-likeness (QED) is 0.803. The summed E-state index contributed by atoms with van der Waals surface area (Å²) in [7, 11) is 0. The molecule has 1 saturated carbocycles. The summed E-state index contributed by atoms with van der Waals surface area (Å²) in [5.74, 6) is 4.57. The highest BCUT2D eigenvalue weighted by molar-refractivity contribution is 5.20. The first kappa shape index (κ1) is 9.46. The molecule has 0 amide bonds. The van der Waals surface area contributed by atoms with Crippen LogP contribution in [0.25, 0.3) is 0 Å². The zero-order chi connectivity index (χ0) is 10.4. The Morgan fingerprint density at radius 1 is 1.20 bits per heavy atom. The molecule has 0 bridgehead atoms. The fourth-order valence-corrected chi connectivity index (χ4v) is 2.66. The van der Waals surface area contributed by atoms with Gasteiger partial charge in [-0.25, -0.2) is 0 Å². The van der Waals surface area contributed by atoms with Crippen LogP contribution < -0.4 is 5.32 Å². The summed E-state index contributed by atoms with van der Waals surface area (Å²) in [5.41, 5.74) is 0. The predicted octanol–water partition coefficient (Wildman–Crippen LogP) is 2.87. The van der Waals surface area contributed by atoms with Gasteiger partial charge in [-0.05, 0) is 37.8 Å². The van der Waals surface area contributed by atoms with Gasteiger partial charge < -0.3 is 9.73 Å². The highest BCUT2D eigenvalue weighted by Crippen LogP contribution is 2.47. The van der Waals surface area contributed by atoms with Gasteiger partial charge in [0.05, 0.1) is 0 Å². The molecule has 4 unspecified atom stereocenters. The van der Waals surface area contributed by atoms with Crippen molar-refractivity contribution in [2.24, 2.45) is 5.92 Å². The molecule has 82 valence electrons. The summed E-state index contributed by atoms with van der Waals surface area (Å²) in [6, 6.07) is 5.01. The maximum absolute atomic E-state index is 5.97. The first-order valence-corrected chi connectivity index (χ1v) is 6.07. The number of furan rings is 1. The third kappa shape index (κ3) is 1.71. The summed E-state index contributed by atoms with van der Waals surface area (Å²) in [4.78, 5) is 0. The average Bonchev–Trinajstić information content (AvgIpc) is 2.71. The number of hydrogen-bond donors (Lipinski definition) is 1. The van der Waals surface area contributed by atoms with Gasteiger partial charge in [-0.15, -0.1) is 0 Å². The molecular weight excluding hydrogens is 186 g/mol. The van der Waals surface area contributed by atoms with Crippen molar-refractivity contribution in [3.05, 3.63) is 23.7 Å². The number of hydrogen-bond acceptors (Lipinski definition) is 2. The van der Waals surface area contributed by atoms with Crippen LogP contribution in [0.15, 0.2) is 16.5 Å². The van der Waals surface area contributed by atoms with Crippen molar-refractivity contribution < 1.29 is 4.42 Å². The molecule has 15 heavy (non-hydrogen) atoms. The maximum atomic E-state index is 5.97. The molecule has 2 aliphatic rings. The first-order valence-electron chi connectivity index (χ1n) is 6.07. The van der Waals surface area contributed by atoms with Crippen LogP contribution in [0, 0.1) is 5.92 Å². The van der Waals surface area contributed by atoms with Gasteiger partial charge in [-0.1, -0.05) is 6.92 Å². The lowest BCUT2D eigenvalue weighted by Crippen LogP contribution is -2.16. The molecule has 1 saturated heterocycles. The van der Waals surface area contributed by atoms with Gasteiger partial charge in [0.25, 0.3) is 0 Å². The van der Waals surface area contributed by atoms with Crippen LogP contribution >= 0.6 is 0 Å². The zero-order valence-corrected chi connectivity index (χ0v) is 9.49. The van der Waals surface area contributed by atoms with E-state index in [0.29, 0.717) is 17.9 Å². The van der Waals surface area contributed by atoms with Crippen molar-refractivity contribution >= 4 is 0 Å². The second kappa shape index (κ2) is 3.38. The fraction of sp³-hybridized carbons (Fsp3) is 0.692. The monoisotopic (exact) mass is 205 g/mol. The first-order chi connectivity index (χ1) is 7.24. The minimum Gasteiger partial charge on any atom is -0.465 e. The van der Waals surface area contributed by atoms with Crippen molar-refractivity contribution in [1.82, 2.24) is 5.32 Å². The SMILES string of the molecule is CC1CC(c2ccc(C3CC3C)o2)CN1. The van der Waals surface area contributed by atoms with Crippen molar-refractivity contribution in [3.63, 3.8) is 0 Å². The molecule has 3 rings (SSSR count). The second-order valence-electron chi connectivity index (χ2n) is 5.30. The standard InChI is InChI=1S/C13H19NO/c1-8-5-11(8)13-4-3-12(15-13)10-6-9(2)14-7-10/h3-4,8-11,14H,5-7H2,1-2H3. The number of nitrogens with one attached hydrogen (secondary N) is 1. The largest absolute Gasteiger partial charge is 0.465 e. The van der Waals surface area contributed by atoms with E-state index in [1.165, 1.54) is 24.4 Å². The van der Waals surface area contributed by atoms with Crippen LogP contribution in [-0.2, 0) is 0 Å². The molecule has 0 radical (unpaired) electrons. The molecule has 2 heterocycles. The Labute approximate surface area is 91.0 Å². The van der Waals surface area contributed by atoms with Crippen molar-refractivity contribution in [2.75, 3.05) is 6.54 Å². The molecule has 1 N–H and O–H groups in total. The Kier molecular flexibility index (Phi) is 2.13. The van der Waals surface area contributed by atoms with Crippen molar-refractivity contribution in [2.45, 2.75) is 44.6 Å². The van der Waals surface area contributed by atoms with Crippen LogP contribution in [0.4, 0.5) is 0 Å². The maximum Gasteiger partial charge on any atom is 0.108 e. The Hall–Kier alpha value is -0.760. The topological polar surface area (TPSA) is 25.2 Å². The summed E-state index contributed by atoms with van der Waals surface area (Å²) in [5, 5.41) is 3.47. The normalized spacial score (nSPS) is 39.6. The Morgan fingerprint density at radius 3 is 2.53 bits per heavy atom. The van der Waals surface area contributed by atoms with E-state index >= 15 is 0 Å². The Balaban J connectivity index is 1.73. The molecule has 2 fully saturated rings. The Morgan fingerprint density at radius 2 is 1.93 bits per heavy atom. The van der Waals surface area contributed by atoms with Gasteiger partial charge >= 0.3 is 0 Å². The third-order valence-electron chi connectivity index (χ3n) is 3.88. The van der Waals surface area contributed by atoms with Gasteiger partial charge in [0.15, 0.2) is 0 Å². The highest BCUT2D eigenvalue weighted by atomic mass is 16.3. The van der Waals surface area contributed by atoms with E-state index in [1.54, 1.807) is 0 Å². The minimum atomic E-state index is 0.600. The number of rotatable bonds is 2. The molecule has 1 aliphatic heterocycles. The lowest BCUT2D eigenvalue weighted by molar-refractivity contribution is 0.434. The molecule has 1 aromatic rings. The van der Waals surface area contributed by atoms with Gasteiger partial charge in [-0.2, -0.15) is 0 Å². The van der Waals surface area contributed by atoms with E-state index in [4.69, 9.17) is 4.42 Å². The molecule has 1 aliphatic carbocycles. The highest BCUT2D eigenvalue weighted by Gasteiger charge is 2.37. The van der Waals surface area contributed by atoms with Crippen LogP contribution in [0.2, 0.25) is 0 Å². The van der Waals surface area contributed by atoms with Crippen LogP contribution in [-0.4, -0.2) is 12.6 Å². The van der Waals surface area contributed by atoms with Crippen LogP contribution in [0.1, 0.15) is 50.0 Å². The van der Waals surface area contributed by atoms with Crippen molar-refractivity contribution in [3.8, 4) is 0 Å². The van der Waals surface area contributed by atoms with Crippen LogP contribution in [0.5, 0.6) is 0 Å². The lowest BCUT2D eigenvalue weighted by atomic mass is 10.0. The smallest absolute Gasteiger partial charge is 0.108 e. The molecule has 4 atom stereocenters. The van der Waals surface area contributed by atoms with Crippen LogP contribution in [0.3, 0.4) is 0 Å². The molecule has 1 aromatic heterocycles. The lowest BCUT2D eigenvalue weighted by Gasteiger charge is -2.03. The fourth-order valence-electron chi connectivity index (χ4n) is 2.66. The summed E-state index contributed by atoms with van der Waals surface area (Å²) >= 11 is 0. The van der Waals surface area contributed by atoms with Gasteiger partial charge in [0.1, 0.15) is 11.5 Å². The average molecular weight is 205 g/mol. The van der Waals surface area contributed by atoms with E-state index < -0.39 is 0 Å². The van der Waals surface area contributed by atoms with Gasteiger partial charge in [-0.3, -0.25) is 0 Å². The van der Waals surface area contributed by atoms with Gasteiger partial charge in [0, 0.05) is 24.4 Å². The Bertz CT molecular complexity index is 357.